The maximum atomic E-state index is 13.1. The van der Waals surface area contributed by atoms with Gasteiger partial charge in [0, 0.05) is 19.1 Å². The van der Waals surface area contributed by atoms with Crippen LogP contribution in [0.4, 0.5) is 4.79 Å². The Morgan fingerprint density at radius 1 is 1.17 bits per heavy atom. The zero-order valence-corrected chi connectivity index (χ0v) is 18.7. The maximum absolute atomic E-state index is 13.1. The van der Waals surface area contributed by atoms with Crippen LogP contribution in [-0.4, -0.2) is 41.5 Å². The van der Waals surface area contributed by atoms with E-state index in [1.807, 2.05) is 52.8 Å². The Labute approximate surface area is 174 Å². The maximum Gasteiger partial charge on any atom is 0.317 e. The van der Waals surface area contributed by atoms with Gasteiger partial charge in [0.25, 0.3) is 0 Å². The number of rotatable bonds is 9. The summed E-state index contributed by atoms with van der Waals surface area (Å²) in [5.74, 6) is 0.123. The molecule has 2 amide bonds. The van der Waals surface area contributed by atoms with Crippen molar-refractivity contribution >= 4 is 15.9 Å². The molecule has 0 aliphatic heterocycles. The second kappa shape index (κ2) is 9.91. The summed E-state index contributed by atoms with van der Waals surface area (Å²) in [5.41, 5.74) is 1.43. The molecule has 0 saturated heterocycles. The lowest BCUT2D eigenvalue weighted by Crippen LogP contribution is -2.43. The van der Waals surface area contributed by atoms with Gasteiger partial charge in [0.1, 0.15) is 0 Å². The number of hydrogen-bond donors (Lipinski definition) is 1. The third-order valence-electron chi connectivity index (χ3n) is 4.47. The molecular weight excluding hydrogens is 388 g/mol. The molecule has 0 spiro atoms. The fourth-order valence-electron chi connectivity index (χ4n) is 3.10. The molecule has 0 atom stereocenters. The number of imidazole rings is 1. The number of carbonyl (C=O) groups is 1. The van der Waals surface area contributed by atoms with Crippen LogP contribution >= 0.6 is 0 Å². The number of sulfone groups is 1. The van der Waals surface area contributed by atoms with E-state index < -0.39 is 9.84 Å². The van der Waals surface area contributed by atoms with Gasteiger partial charge >= 0.3 is 6.03 Å². The van der Waals surface area contributed by atoms with E-state index in [4.69, 9.17) is 0 Å². The smallest absolute Gasteiger partial charge is 0.317 e. The number of benzene rings is 1. The number of nitrogens with zero attached hydrogens (tertiary/aromatic N) is 3. The Morgan fingerprint density at radius 3 is 2.38 bits per heavy atom. The third kappa shape index (κ3) is 6.06. The number of nitrogens with one attached hydrogen (secondary N) is 1. The van der Waals surface area contributed by atoms with Crippen molar-refractivity contribution in [3.8, 4) is 0 Å². The van der Waals surface area contributed by atoms with Crippen molar-refractivity contribution < 1.29 is 13.2 Å². The van der Waals surface area contributed by atoms with E-state index in [0.717, 1.165) is 5.56 Å². The largest absolute Gasteiger partial charge is 0.338 e. The first kappa shape index (κ1) is 22.9. The number of urea groups is 1. The Kier molecular flexibility index (Phi) is 7.84. The molecule has 0 saturated carbocycles. The molecule has 8 heteroatoms. The van der Waals surface area contributed by atoms with E-state index >= 15 is 0 Å². The van der Waals surface area contributed by atoms with Crippen molar-refractivity contribution in [2.75, 3.05) is 6.54 Å². The molecule has 0 aliphatic carbocycles. The molecule has 1 N–H and O–H groups in total. The monoisotopic (exact) mass is 420 g/mol. The van der Waals surface area contributed by atoms with Gasteiger partial charge in [0.2, 0.25) is 15.0 Å². The van der Waals surface area contributed by atoms with Gasteiger partial charge in [0.05, 0.1) is 24.2 Å². The first-order valence-electron chi connectivity index (χ1n) is 10.0. The van der Waals surface area contributed by atoms with Crippen LogP contribution in [0, 0.1) is 5.92 Å². The topological polar surface area (TPSA) is 84.3 Å². The first-order chi connectivity index (χ1) is 13.7. The van der Waals surface area contributed by atoms with Gasteiger partial charge in [-0.25, -0.2) is 18.2 Å². The molecule has 2 aromatic rings. The van der Waals surface area contributed by atoms with Crippen molar-refractivity contribution in [2.45, 2.75) is 64.7 Å². The number of carbonyl (C=O) groups excluding carboxylic acids is 1. The number of aromatic nitrogens is 2. The van der Waals surface area contributed by atoms with Crippen molar-refractivity contribution in [1.29, 1.82) is 0 Å². The first-order valence-corrected chi connectivity index (χ1v) is 11.7. The summed E-state index contributed by atoms with van der Waals surface area (Å²) >= 11 is 0. The van der Waals surface area contributed by atoms with Gasteiger partial charge in [-0.2, -0.15) is 0 Å². The van der Waals surface area contributed by atoms with Crippen LogP contribution in [0.3, 0.4) is 0 Å². The van der Waals surface area contributed by atoms with Crippen LogP contribution < -0.4 is 5.32 Å². The summed E-state index contributed by atoms with van der Waals surface area (Å²) in [7, 11) is -3.62. The molecule has 160 valence electrons. The Balaban J connectivity index is 2.40. The molecule has 0 unspecified atom stereocenters. The van der Waals surface area contributed by atoms with Crippen LogP contribution in [0.15, 0.2) is 41.7 Å². The minimum Gasteiger partial charge on any atom is -0.338 e. The summed E-state index contributed by atoms with van der Waals surface area (Å²) < 4.78 is 27.9. The Morgan fingerprint density at radius 2 is 1.83 bits per heavy atom. The second-order valence-electron chi connectivity index (χ2n) is 7.84. The summed E-state index contributed by atoms with van der Waals surface area (Å²) in [4.78, 5) is 18.4. The second-order valence-corrected chi connectivity index (χ2v) is 9.72. The average Bonchev–Trinajstić information content (AvgIpc) is 3.02. The fraction of sp³-hybridized carbons (Fsp3) is 0.524. The summed E-state index contributed by atoms with van der Waals surface area (Å²) in [6.07, 6.45) is 1.58. The molecule has 0 fully saturated rings. The molecule has 1 heterocycles. The lowest BCUT2D eigenvalue weighted by atomic mass is 10.2. The van der Waals surface area contributed by atoms with Crippen LogP contribution in [-0.2, 0) is 28.7 Å². The summed E-state index contributed by atoms with van der Waals surface area (Å²) in [5, 5.41) is 2.88. The van der Waals surface area contributed by atoms with Crippen LogP contribution in [0.25, 0.3) is 0 Å². The van der Waals surface area contributed by atoms with E-state index in [0.29, 0.717) is 25.3 Å². The molecule has 1 aromatic carbocycles. The predicted molar refractivity (Wildman–Crippen MR) is 114 cm³/mol. The highest BCUT2D eigenvalue weighted by atomic mass is 32.2. The standard InChI is InChI=1S/C21H32N4O3S/c1-6-22-20(26)24(17(4)5)14-19-12-23-21(25(19)13-16(2)3)29(27,28)15-18-10-8-7-9-11-18/h7-12,16-17H,6,13-15H2,1-5H3,(H,22,26). The van der Waals surface area contributed by atoms with Crippen LogP contribution in [0.2, 0.25) is 0 Å². The highest BCUT2D eigenvalue weighted by Gasteiger charge is 2.26. The van der Waals surface area contributed by atoms with Gasteiger partial charge in [-0.15, -0.1) is 0 Å². The minimum absolute atomic E-state index is 0.0340. The summed E-state index contributed by atoms with van der Waals surface area (Å²) in [6, 6.07) is 8.89. The molecule has 0 bridgehead atoms. The molecule has 7 nitrogen and oxygen atoms in total. The lowest BCUT2D eigenvalue weighted by molar-refractivity contribution is 0.178. The van der Waals surface area contributed by atoms with Crippen molar-refractivity contribution in [3.05, 3.63) is 47.8 Å². The molecule has 2 rings (SSSR count). The van der Waals surface area contributed by atoms with Crippen LogP contribution in [0.1, 0.15) is 45.9 Å². The van der Waals surface area contributed by atoms with E-state index in [-0.39, 0.29) is 28.9 Å². The fourth-order valence-corrected chi connectivity index (χ4v) is 4.60. The predicted octanol–water partition coefficient (Wildman–Crippen LogP) is 3.45. The Hall–Kier alpha value is -2.35. The highest BCUT2D eigenvalue weighted by molar-refractivity contribution is 7.90. The van der Waals surface area contributed by atoms with Gasteiger partial charge in [0.15, 0.2) is 0 Å². The normalized spacial score (nSPS) is 11.8. The van der Waals surface area contributed by atoms with Crippen molar-refractivity contribution in [3.63, 3.8) is 0 Å². The lowest BCUT2D eigenvalue weighted by Gasteiger charge is -2.27. The minimum atomic E-state index is -3.62. The zero-order chi connectivity index (χ0) is 21.6. The molecule has 29 heavy (non-hydrogen) atoms. The van der Waals surface area contributed by atoms with Gasteiger partial charge in [-0.3, -0.25) is 0 Å². The number of hydrogen-bond acceptors (Lipinski definition) is 4. The SMILES string of the molecule is CCNC(=O)N(Cc1cnc(S(=O)(=O)Cc2ccccc2)n1CC(C)C)C(C)C. The zero-order valence-electron chi connectivity index (χ0n) is 17.9. The van der Waals surface area contributed by atoms with Crippen LogP contribution in [0.5, 0.6) is 0 Å². The molecule has 1 aromatic heterocycles. The van der Waals surface area contributed by atoms with Gasteiger partial charge in [-0.1, -0.05) is 44.2 Å². The highest BCUT2D eigenvalue weighted by Crippen LogP contribution is 2.21. The molecule has 0 aliphatic rings. The quantitative estimate of drug-likeness (QED) is 0.673. The molecular formula is C21H32N4O3S. The molecule has 0 radical (unpaired) electrons. The average molecular weight is 421 g/mol. The van der Waals surface area contributed by atoms with E-state index in [1.165, 1.54) is 0 Å². The van der Waals surface area contributed by atoms with Crippen molar-refractivity contribution in [1.82, 2.24) is 19.8 Å². The van der Waals surface area contributed by atoms with E-state index in [9.17, 15) is 13.2 Å². The van der Waals surface area contributed by atoms with Gasteiger partial charge in [-0.05, 0) is 32.3 Å². The summed E-state index contributed by atoms with van der Waals surface area (Å²) in [6.45, 7) is 11.1. The number of amides is 2. The van der Waals surface area contributed by atoms with E-state index in [2.05, 4.69) is 10.3 Å². The van der Waals surface area contributed by atoms with E-state index in [1.54, 1.807) is 27.8 Å². The van der Waals surface area contributed by atoms with Crippen molar-refractivity contribution in [2.24, 2.45) is 5.92 Å². The third-order valence-corrected chi connectivity index (χ3v) is 6.07. The Bertz CT molecular complexity index is 905. The van der Waals surface area contributed by atoms with Gasteiger partial charge < -0.3 is 14.8 Å².